The summed E-state index contributed by atoms with van der Waals surface area (Å²) in [4.78, 5) is 30.6. The number of aromatic hydroxyl groups is 1. The Morgan fingerprint density at radius 2 is 2.18 bits per heavy atom. The fourth-order valence-electron chi connectivity index (χ4n) is 3.15. The number of carbonyl (C=O) groups excluding carboxylic acids is 2. The van der Waals surface area contributed by atoms with Crippen molar-refractivity contribution < 1.29 is 14.7 Å². The third kappa shape index (κ3) is 1.57. The zero-order valence-corrected chi connectivity index (χ0v) is 11.7. The summed E-state index contributed by atoms with van der Waals surface area (Å²) < 4.78 is 0. The Morgan fingerprint density at radius 1 is 1.36 bits per heavy atom. The first-order valence-electron chi connectivity index (χ1n) is 7.01. The van der Waals surface area contributed by atoms with Gasteiger partial charge in [-0.05, 0) is 18.9 Å². The third-order valence-corrected chi connectivity index (χ3v) is 4.18. The molecule has 1 aromatic heterocycles. The average molecular weight is 295 g/mol. The minimum atomic E-state index is -0.606. The number of piperidine rings is 1. The van der Waals surface area contributed by atoms with Crippen LogP contribution in [0.1, 0.15) is 23.2 Å². The van der Waals surface area contributed by atoms with Gasteiger partial charge in [0.15, 0.2) is 0 Å². The van der Waals surface area contributed by atoms with Crippen molar-refractivity contribution in [2.24, 2.45) is 0 Å². The normalized spacial score (nSPS) is 20.6. The second-order valence-corrected chi connectivity index (χ2v) is 5.52. The van der Waals surface area contributed by atoms with Crippen LogP contribution in [0.15, 0.2) is 36.7 Å². The molecule has 1 saturated heterocycles. The molecule has 0 aliphatic carbocycles. The van der Waals surface area contributed by atoms with Crippen LogP contribution in [-0.4, -0.2) is 27.9 Å². The maximum atomic E-state index is 12.7. The van der Waals surface area contributed by atoms with Crippen molar-refractivity contribution >= 4 is 28.4 Å². The van der Waals surface area contributed by atoms with Crippen molar-refractivity contribution in [3.05, 3.63) is 42.2 Å². The van der Waals surface area contributed by atoms with Gasteiger partial charge in [-0.1, -0.05) is 18.7 Å². The van der Waals surface area contributed by atoms with Gasteiger partial charge in [0.2, 0.25) is 5.91 Å². The predicted octanol–water partition coefficient (Wildman–Crippen LogP) is 1.69. The van der Waals surface area contributed by atoms with Gasteiger partial charge in [0.05, 0.1) is 11.8 Å². The van der Waals surface area contributed by atoms with Gasteiger partial charge in [0.25, 0.3) is 5.91 Å². The minimum Gasteiger partial charge on any atom is -0.506 e. The van der Waals surface area contributed by atoms with Crippen LogP contribution in [0.2, 0.25) is 0 Å². The summed E-state index contributed by atoms with van der Waals surface area (Å²) in [6.07, 6.45) is 2.44. The van der Waals surface area contributed by atoms with E-state index in [0.717, 1.165) is 0 Å². The van der Waals surface area contributed by atoms with E-state index in [4.69, 9.17) is 0 Å². The van der Waals surface area contributed by atoms with E-state index in [-0.39, 0.29) is 17.6 Å². The van der Waals surface area contributed by atoms with Crippen molar-refractivity contribution in [3.63, 3.8) is 0 Å². The summed E-state index contributed by atoms with van der Waals surface area (Å²) in [6, 6.07) is 4.53. The number of rotatable bonds is 1. The van der Waals surface area contributed by atoms with Gasteiger partial charge in [-0.3, -0.25) is 14.5 Å². The molecule has 2 aliphatic heterocycles. The molecule has 6 heteroatoms. The zero-order chi connectivity index (χ0) is 15.4. The standard InChI is InChI=1S/C16H13N3O3/c1-8-5-6-11(15(21)18-8)19-14-13-9(12(20)7-17-14)3-2-4-10(13)16(19)22/h2-4,7,11,20H,1,5-6H2,(H,18,21). The van der Waals surface area contributed by atoms with Crippen molar-refractivity contribution in [1.29, 1.82) is 0 Å². The van der Waals surface area contributed by atoms with Crippen LogP contribution >= 0.6 is 0 Å². The molecule has 2 amide bonds. The van der Waals surface area contributed by atoms with E-state index in [1.54, 1.807) is 18.2 Å². The summed E-state index contributed by atoms with van der Waals surface area (Å²) in [7, 11) is 0. The Morgan fingerprint density at radius 3 is 2.95 bits per heavy atom. The maximum absolute atomic E-state index is 12.7. The molecule has 1 aromatic carbocycles. The molecule has 0 radical (unpaired) electrons. The Hall–Kier alpha value is -2.89. The number of amides is 2. The number of nitrogens with zero attached hydrogens (tertiary/aromatic N) is 2. The van der Waals surface area contributed by atoms with Crippen LogP contribution in [0, 0.1) is 0 Å². The molecule has 2 aliphatic rings. The molecule has 0 saturated carbocycles. The van der Waals surface area contributed by atoms with E-state index in [1.807, 2.05) is 0 Å². The summed E-state index contributed by atoms with van der Waals surface area (Å²) in [6.45, 7) is 3.75. The van der Waals surface area contributed by atoms with Gasteiger partial charge >= 0.3 is 0 Å². The highest BCUT2D eigenvalue weighted by Gasteiger charge is 2.40. The van der Waals surface area contributed by atoms with E-state index in [0.29, 0.717) is 40.7 Å². The molecular formula is C16H13N3O3. The van der Waals surface area contributed by atoms with E-state index < -0.39 is 6.04 Å². The smallest absolute Gasteiger partial charge is 0.260 e. The van der Waals surface area contributed by atoms with Gasteiger partial charge in [-0.15, -0.1) is 0 Å². The average Bonchev–Trinajstić information content (AvgIpc) is 2.78. The molecule has 6 nitrogen and oxygen atoms in total. The number of benzene rings is 1. The number of hydrogen-bond donors (Lipinski definition) is 2. The first-order valence-corrected chi connectivity index (χ1v) is 7.01. The van der Waals surface area contributed by atoms with Crippen molar-refractivity contribution in [1.82, 2.24) is 10.3 Å². The van der Waals surface area contributed by atoms with E-state index in [2.05, 4.69) is 16.9 Å². The van der Waals surface area contributed by atoms with E-state index in [9.17, 15) is 14.7 Å². The first-order chi connectivity index (χ1) is 10.6. The van der Waals surface area contributed by atoms with Gasteiger partial charge in [-0.2, -0.15) is 0 Å². The predicted molar refractivity (Wildman–Crippen MR) is 80.5 cm³/mol. The number of aromatic nitrogens is 1. The Kier molecular flexibility index (Phi) is 2.51. The SMILES string of the molecule is C=C1CCC(N2C(=O)c3cccc4c(O)cnc2c34)C(=O)N1. The fourth-order valence-corrected chi connectivity index (χ4v) is 3.15. The Bertz CT molecular complexity index is 859. The molecule has 1 fully saturated rings. The molecule has 3 heterocycles. The highest BCUT2D eigenvalue weighted by molar-refractivity contribution is 6.26. The number of anilines is 1. The quantitative estimate of drug-likeness (QED) is 0.838. The molecule has 2 aromatic rings. The van der Waals surface area contributed by atoms with E-state index in [1.165, 1.54) is 11.1 Å². The fraction of sp³-hybridized carbons (Fsp3) is 0.188. The van der Waals surface area contributed by atoms with Crippen molar-refractivity contribution in [2.75, 3.05) is 4.90 Å². The maximum Gasteiger partial charge on any atom is 0.260 e. The molecule has 2 N–H and O–H groups in total. The molecule has 22 heavy (non-hydrogen) atoms. The summed E-state index contributed by atoms with van der Waals surface area (Å²) >= 11 is 0. The summed E-state index contributed by atoms with van der Waals surface area (Å²) in [5.74, 6) is -0.0513. The van der Waals surface area contributed by atoms with Gasteiger partial charge < -0.3 is 10.4 Å². The van der Waals surface area contributed by atoms with E-state index >= 15 is 0 Å². The van der Waals surface area contributed by atoms with Crippen LogP contribution < -0.4 is 10.2 Å². The van der Waals surface area contributed by atoms with Crippen LogP contribution in [0.3, 0.4) is 0 Å². The van der Waals surface area contributed by atoms with Crippen LogP contribution in [0.5, 0.6) is 5.75 Å². The lowest BCUT2D eigenvalue weighted by atomic mass is 10.0. The molecule has 0 spiro atoms. The molecule has 110 valence electrons. The second kappa shape index (κ2) is 4.30. The molecule has 4 rings (SSSR count). The Balaban J connectivity index is 1.89. The second-order valence-electron chi connectivity index (χ2n) is 5.52. The third-order valence-electron chi connectivity index (χ3n) is 4.18. The van der Waals surface area contributed by atoms with Gasteiger partial charge in [0, 0.05) is 16.5 Å². The van der Waals surface area contributed by atoms with Gasteiger partial charge in [0.1, 0.15) is 17.6 Å². The van der Waals surface area contributed by atoms with Crippen LogP contribution in [0.4, 0.5) is 5.82 Å². The number of hydrogen-bond acceptors (Lipinski definition) is 4. The number of nitrogens with one attached hydrogen (secondary N) is 1. The summed E-state index contributed by atoms with van der Waals surface area (Å²) in [5.41, 5.74) is 1.13. The molecular weight excluding hydrogens is 282 g/mol. The van der Waals surface area contributed by atoms with Crippen molar-refractivity contribution in [3.8, 4) is 5.75 Å². The molecule has 1 unspecified atom stereocenters. The highest BCUT2D eigenvalue weighted by Crippen LogP contribution is 2.41. The highest BCUT2D eigenvalue weighted by atomic mass is 16.3. The number of pyridine rings is 1. The number of allylic oxidation sites excluding steroid dienone is 1. The van der Waals surface area contributed by atoms with Gasteiger partial charge in [-0.25, -0.2) is 4.98 Å². The lowest BCUT2D eigenvalue weighted by molar-refractivity contribution is -0.122. The summed E-state index contributed by atoms with van der Waals surface area (Å²) in [5, 5.41) is 13.8. The lowest BCUT2D eigenvalue weighted by Crippen LogP contribution is -2.51. The monoisotopic (exact) mass is 295 g/mol. The van der Waals surface area contributed by atoms with Crippen LogP contribution in [0.25, 0.3) is 10.8 Å². The van der Waals surface area contributed by atoms with Crippen molar-refractivity contribution in [2.45, 2.75) is 18.9 Å². The largest absolute Gasteiger partial charge is 0.506 e. The topological polar surface area (TPSA) is 82.5 Å². The zero-order valence-electron chi connectivity index (χ0n) is 11.7. The van der Waals surface area contributed by atoms with Crippen LogP contribution in [-0.2, 0) is 4.79 Å². The minimum absolute atomic E-state index is 0.0247. The number of carbonyl (C=O) groups is 2. The lowest BCUT2D eigenvalue weighted by Gasteiger charge is -2.30. The molecule has 1 atom stereocenters. The first kappa shape index (κ1) is 12.8. The Labute approximate surface area is 126 Å². The molecule has 0 bridgehead atoms.